The average molecular weight is 406 g/mol. The van der Waals surface area contributed by atoms with E-state index in [0.29, 0.717) is 21.6 Å². The molecule has 0 unspecified atom stereocenters. The Morgan fingerprint density at radius 3 is 2.67 bits per heavy atom. The molecule has 1 atom stereocenters. The number of nitrogens with one attached hydrogen (secondary N) is 1. The Balaban J connectivity index is 1.61. The van der Waals surface area contributed by atoms with E-state index in [1.165, 1.54) is 16.8 Å². The highest BCUT2D eigenvalue weighted by Crippen LogP contribution is 2.24. The van der Waals surface area contributed by atoms with Crippen molar-refractivity contribution < 1.29 is 9.18 Å². The van der Waals surface area contributed by atoms with Gasteiger partial charge in [-0.3, -0.25) is 4.79 Å². The number of hydrogen-bond acceptors (Lipinski definition) is 5. The maximum Gasteiger partial charge on any atom is 0.230 e. The molecule has 0 saturated heterocycles. The summed E-state index contributed by atoms with van der Waals surface area (Å²) in [5.74, 6) is 5.98. The van der Waals surface area contributed by atoms with E-state index in [0.717, 1.165) is 17.3 Å². The van der Waals surface area contributed by atoms with Crippen LogP contribution >= 0.6 is 23.4 Å². The third kappa shape index (κ3) is 4.58. The molecule has 3 rings (SSSR count). The number of nitrogens with zero attached hydrogens (tertiary/aromatic N) is 3. The molecule has 2 aromatic carbocycles. The molecule has 1 amide bonds. The second kappa shape index (κ2) is 8.41. The van der Waals surface area contributed by atoms with Crippen LogP contribution in [0, 0.1) is 5.82 Å². The summed E-state index contributed by atoms with van der Waals surface area (Å²) in [6.45, 7) is 1.86. The molecular weight excluding hydrogens is 389 g/mol. The molecule has 3 aromatic rings. The van der Waals surface area contributed by atoms with Crippen LogP contribution in [0.4, 0.5) is 4.39 Å². The normalized spacial score (nSPS) is 12.0. The van der Waals surface area contributed by atoms with Crippen LogP contribution < -0.4 is 11.2 Å². The van der Waals surface area contributed by atoms with Gasteiger partial charge in [0.15, 0.2) is 5.82 Å². The summed E-state index contributed by atoms with van der Waals surface area (Å²) >= 11 is 7.31. The van der Waals surface area contributed by atoms with E-state index in [-0.39, 0.29) is 23.5 Å². The van der Waals surface area contributed by atoms with Crippen LogP contribution in [0.25, 0.3) is 11.4 Å². The maximum atomic E-state index is 13.0. The van der Waals surface area contributed by atoms with Crippen molar-refractivity contribution in [2.24, 2.45) is 0 Å². The van der Waals surface area contributed by atoms with Gasteiger partial charge >= 0.3 is 0 Å². The number of aromatic nitrogens is 3. The molecule has 1 heterocycles. The molecule has 0 saturated carbocycles. The van der Waals surface area contributed by atoms with Crippen molar-refractivity contribution in [2.45, 2.75) is 18.1 Å². The SMILES string of the molecule is C[C@@H](NC(=O)CSc1nnc(-c2ccc(F)cc2)n1N)c1ccccc1Cl. The monoisotopic (exact) mass is 405 g/mol. The predicted molar refractivity (Wildman–Crippen MR) is 104 cm³/mol. The number of carbonyl (C=O) groups excluding carboxylic acids is 1. The van der Waals surface area contributed by atoms with E-state index in [1.807, 2.05) is 25.1 Å². The molecule has 140 valence electrons. The first kappa shape index (κ1) is 19.2. The molecule has 0 bridgehead atoms. The number of benzene rings is 2. The number of thioether (sulfide) groups is 1. The second-order valence-corrected chi connectivity index (χ2v) is 7.13. The highest BCUT2D eigenvalue weighted by Gasteiger charge is 2.16. The van der Waals surface area contributed by atoms with Crippen LogP contribution in [-0.2, 0) is 4.79 Å². The standard InChI is InChI=1S/C18H17ClFN5OS/c1-11(14-4-2-3-5-15(14)19)22-16(26)10-27-18-24-23-17(25(18)21)12-6-8-13(20)9-7-12/h2-9,11H,10,21H2,1H3,(H,22,26)/t11-/m1/s1. The van der Waals surface area contributed by atoms with Crippen molar-refractivity contribution >= 4 is 29.3 Å². The Kier molecular flexibility index (Phi) is 5.98. The van der Waals surface area contributed by atoms with Gasteiger partial charge < -0.3 is 11.2 Å². The smallest absolute Gasteiger partial charge is 0.230 e. The van der Waals surface area contributed by atoms with Gasteiger partial charge in [0.05, 0.1) is 11.8 Å². The Hall–Kier alpha value is -2.58. The summed E-state index contributed by atoms with van der Waals surface area (Å²) in [5.41, 5.74) is 1.48. The highest BCUT2D eigenvalue weighted by molar-refractivity contribution is 7.99. The number of hydrogen-bond donors (Lipinski definition) is 2. The largest absolute Gasteiger partial charge is 0.349 e. The average Bonchev–Trinajstić information content (AvgIpc) is 3.01. The minimum absolute atomic E-state index is 0.119. The van der Waals surface area contributed by atoms with Crippen molar-refractivity contribution in [2.75, 3.05) is 11.6 Å². The van der Waals surface area contributed by atoms with Gasteiger partial charge in [0, 0.05) is 10.6 Å². The third-order valence-electron chi connectivity index (χ3n) is 3.85. The fraction of sp³-hybridized carbons (Fsp3) is 0.167. The van der Waals surface area contributed by atoms with Crippen molar-refractivity contribution in [3.63, 3.8) is 0 Å². The molecule has 0 aliphatic carbocycles. The van der Waals surface area contributed by atoms with Gasteiger partial charge in [0.1, 0.15) is 5.82 Å². The summed E-state index contributed by atoms with van der Waals surface area (Å²) < 4.78 is 14.3. The lowest BCUT2D eigenvalue weighted by Crippen LogP contribution is -2.28. The fourth-order valence-electron chi connectivity index (χ4n) is 2.49. The van der Waals surface area contributed by atoms with Crippen molar-refractivity contribution in [3.8, 4) is 11.4 Å². The van der Waals surface area contributed by atoms with Crippen molar-refractivity contribution in [1.82, 2.24) is 20.2 Å². The summed E-state index contributed by atoms with van der Waals surface area (Å²) in [4.78, 5) is 12.2. The number of nitrogen functional groups attached to an aromatic ring is 1. The maximum absolute atomic E-state index is 13.0. The van der Waals surface area contributed by atoms with Crippen LogP contribution in [0.15, 0.2) is 53.7 Å². The zero-order valence-electron chi connectivity index (χ0n) is 14.4. The molecule has 0 radical (unpaired) electrons. The third-order valence-corrected chi connectivity index (χ3v) is 5.14. The van der Waals surface area contributed by atoms with Crippen LogP contribution in [0.1, 0.15) is 18.5 Å². The molecule has 0 aliphatic heterocycles. The molecule has 27 heavy (non-hydrogen) atoms. The summed E-state index contributed by atoms with van der Waals surface area (Å²) in [6.07, 6.45) is 0. The number of carbonyl (C=O) groups is 1. The van der Waals surface area contributed by atoms with Gasteiger partial charge in [-0.2, -0.15) is 0 Å². The second-order valence-electron chi connectivity index (χ2n) is 5.78. The van der Waals surface area contributed by atoms with E-state index in [1.54, 1.807) is 18.2 Å². The lowest BCUT2D eigenvalue weighted by atomic mass is 10.1. The number of nitrogens with two attached hydrogens (primary N) is 1. The Morgan fingerprint density at radius 2 is 1.96 bits per heavy atom. The highest BCUT2D eigenvalue weighted by atomic mass is 35.5. The Morgan fingerprint density at radius 1 is 1.26 bits per heavy atom. The molecule has 0 fully saturated rings. The molecule has 0 aliphatic rings. The number of amides is 1. The summed E-state index contributed by atoms with van der Waals surface area (Å²) in [6, 6.07) is 12.9. The lowest BCUT2D eigenvalue weighted by Gasteiger charge is -2.15. The van der Waals surface area contributed by atoms with Gasteiger partial charge in [-0.1, -0.05) is 41.6 Å². The minimum atomic E-state index is -0.347. The predicted octanol–water partition coefficient (Wildman–Crippen LogP) is 3.42. The quantitative estimate of drug-likeness (QED) is 0.484. The first-order chi connectivity index (χ1) is 13.0. The van der Waals surface area contributed by atoms with E-state index in [2.05, 4.69) is 15.5 Å². The van der Waals surface area contributed by atoms with Gasteiger partial charge in [0.2, 0.25) is 11.1 Å². The van der Waals surface area contributed by atoms with E-state index < -0.39 is 0 Å². The number of rotatable bonds is 6. The molecule has 6 nitrogen and oxygen atoms in total. The first-order valence-electron chi connectivity index (χ1n) is 8.08. The van der Waals surface area contributed by atoms with E-state index in [4.69, 9.17) is 17.4 Å². The zero-order chi connectivity index (χ0) is 19.4. The van der Waals surface area contributed by atoms with Crippen LogP contribution in [-0.4, -0.2) is 26.5 Å². The molecule has 1 aromatic heterocycles. The van der Waals surface area contributed by atoms with Gasteiger partial charge in [-0.05, 0) is 42.8 Å². The van der Waals surface area contributed by atoms with Crippen molar-refractivity contribution in [3.05, 3.63) is 64.9 Å². The Labute approximate surface area is 164 Å². The molecule has 0 spiro atoms. The van der Waals surface area contributed by atoms with E-state index >= 15 is 0 Å². The van der Waals surface area contributed by atoms with Crippen LogP contribution in [0.5, 0.6) is 0 Å². The lowest BCUT2D eigenvalue weighted by molar-refractivity contribution is -0.119. The van der Waals surface area contributed by atoms with Crippen LogP contribution in [0.2, 0.25) is 5.02 Å². The molecular formula is C18H17ClFN5OS. The van der Waals surface area contributed by atoms with Crippen LogP contribution in [0.3, 0.4) is 0 Å². The van der Waals surface area contributed by atoms with E-state index in [9.17, 15) is 9.18 Å². The van der Waals surface area contributed by atoms with Gasteiger partial charge in [0.25, 0.3) is 0 Å². The van der Waals surface area contributed by atoms with Gasteiger partial charge in [-0.25, -0.2) is 9.07 Å². The van der Waals surface area contributed by atoms with Crippen molar-refractivity contribution in [1.29, 1.82) is 0 Å². The minimum Gasteiger partial charge on any atom is -0.349 e. The summed E-state index contributed by atoms with van der Waals surface area (Å²) in [7, 11) is 0. The number of halogens is 2. The molecule has 3 N–H and O–H groups in total. The van der Waals surface area contributed by atoms with Gasteiger partial charge in [-0.15, -0.1) is 10.2 Å². The fourth-order valence-corrected chi connectivity index (χ4v) is 3.46. The topological polar surface area (TPSA) is 85.8 Å². The first-order valence-corrected chi connectivity index (χ1v) is 9.45. The zero-order valence-corrected chi connectivity index (χ0v) is 16.0. The molecule has 9 heteroatoms. The summed E-state index contributed by atoms with van der Waals surface area (Å²) in [5, 5.41) is 11.9. The Bertz CT molecular complexity index is 947.